The van der Waals surface area contributed by atoms with Crippen LogP contribution in [0, 0.1) is 10.1 Å². The molecule has 3 aromatic rings. The molecular weight excluding hydrogens is 450 g/mol. The lowest BCUT2D eigenvalue weighted by molar-refractivity contribution is -0.384. The number of amides is 1. The first kappa shape index (κ1) is 23.9. The van der Waals surface area contributed by atoms with Crippen LogP contribution in [0.3, 0.4) is 0 Å². The quantitative estimate of drug-likeness (QED) is 0.266. The minimum atomic E-state index is -0.542. The van der Waals surface area contributed by atoms with Crippen LogP contribution in [0.4, 0.5) is 11.4 Å². The van der Waals surface area contributed by atoms with Gasteiger partial charge in [-0.2, -0.15) is 0 Å². The molecule has 0 radical (unpaired) electrons. The maximum Gasteiger partial charge on any atom is 0.271 e. The minimum Gasteiger partial charge on any atom is -0.497 e. The monoisotopic (exact) mass is 473 g/mol. The summed E-state index contributed by atoms with van der Waals surface area (Å²) in [5.41, 5.74) is 0.0676. The molecule has 0 aliphatic rings. The van der Waals surface area contributed by atoms with Gasteiger partial charge in [0.25, 0.3) is 5.69 Å². The number of hydrogen-bond donors (Lipinski definition) is 1. The van der Waals surface area contributed by atoms with Gasteiger partial charge in [0.1, 0.15) is 17.2 Å². The Morgan fingerprint density at radius 1 is 1.18 bits per heavy atom. The summed E-state index contributed by atoms with van der Waals surface area (Å²) in [4.78, 5) is 22.9. The Bertz CT molecular complexity index is 1150. The maximum absolute atomic E-state index is 12.4. The number of ether oxygens (including phenoxy) is 3. The van der Waals surface area contributed by atoms with Crippen molar-refractivity contribution < 1.29 is 23.9 Å². The number of rotatable bonds is 10. The topological polar surface area (TPSA) is 131 Å². The Labute approximate surface area is 194 Å². The van der Waals surface area contributed by atoms with Gasteiger partial charge in [0, 0.05) is 25.2 Å². The number of nitro groups is 1. The van der Waals surface area contributed by atoms with Crippen molar-refractivity contribution in [3.63, 3.8) is 0 Å². The lowest BCUT2D eigenvalue weighted by atomic mass is 10.2. The number of nitrogens with zero attached hydrogens (tertiary/aromatic N) is 4. The van der Waals surface area contributed by atoms with Gasteiger partial charge in [0.2, 0.25) is 5.91 Å². The average Bonchev–Trinajstić information content (AvgIpc) is 3.18. The number of anilines is 1. The molecule has 0 aliphatic carbocycles. The fourth-order valence-corrected chi connectivity index (χ4v) is 3.68. The lowest BCUT2D eigenvalue weighted by Gasteiger charge is -2.15. The zero-order valence-corrected chi connectivity index (χ0v) is 19.3. The number of hydrogen-bond acceptors (Lipinski definition) is 9. The van der Waals surface area contributed by atoms with Gasteiger partial charge in [-0.25, -0.2) is 0 Å². The number of aromatic nitrogens is 3. The van der Waals surface area contributed by atoms with Gasteiger partial charge in [-0.1, -0.05) is 17.8 Å². The SMILES string of the molecule is COc1cccc(OC(C)c2nnc(SCC(=O)Nc3cc([N+](=O)[O-])ccc3OC)n2C)c1. The molecule has 0 aliphatic heterocycles. The Morgan fingerprint density at radius 3 is 2.64 bits per heavy atom. The number of carbonyl (C=O) groups is 1. The van der Waals surface area contributed by atoms with E-state index in [4.69, 9.17) is 14.2 Å². The van der Waals surface area contributed by atoms with Crippen molar-refractivity contribution in [1.29, 1.82) is 0 Å². The molecule has 0 saturated carbocycles. The highest BCUT2D eigenvalue weighted by molar-refractivity contribution is 7.99. The first-order chi connectivity index (χ1) is 15.8. The van der Waals surface area contributed by atoms with E-state index >= 15 is 0 Å². The predicted molar refractivity (Wildman–Crippen MR) is 122 cm³/mol. The lowest BCUT2D eigenvalue weighted by Crippen LogP contribution is -2.15. The summed E-state index contributed by atoms with van der Waals surface area (Å²) < 4.78 is 18.1. The largest absolute Gasteiger partial charge is 0.497 e. The maximum atomic E-state index is 12.4. The van der Waals surface area contributed by atoms with Crippen LogP contribution in [-0.4, -0.2) is 45.6 Å². The first-order valence-electron chi connectivity index (χ1n) is 9.77. The molecule has 1 aromatic heterocycles. The fourth-order valence-electron chi connectivity index (χ4n) is 2.96. The van der Waals surface area contributed by atoms with Crippen molar-refractivity contribution in [2.75, 3.05) is 25.3 Å². The highest BCUT2D eigenvalue weighted by Crippen LogP contribution is 2.30. The summed E-state index contributed by atoms with van der Waals surface area (Å²) in [6, 6.07) is 11.2. The van der Waals surface area contributed by atoms with Crippen molar-refractivity contribution in [3.8, 4) is 17.2 Å². The molecule has 12 heteroatoms. The second kappa shape index (κ2) is 10.7. The summed E-state index contributed by atoms with van der Waals surface area (Å²) in [5.74, 6) is 1.86. The average molecular weight is 474 g/mol. The summed E-state index contributed by atoms with van der Waals surface area (Å²) in [5, 5.41) is 22.5. The third kappa shape index (κ3) is 5.92. The van der Waals surface area contributed by atoms with E-state index in [1.807, 2.05) is 25.1 Å². The Morgan fingerprint density at radius 2 is 1.94 bits per heavy atom. The molecule has 1 N–H and O–H groups in total. The van der Waals surface area contributed by atoms with Crippen LogP contribution in [0.1, 0.15) is 18.9 Å². The third-order valence-electron chi connectivity index (χ3n) is 4.59. The van der Waals surface area contributed by atoms with Gasteiger partial charge in [0.05, 0.1) is 30.6 Å². The fraction of sp³-hybridized carbons (Fsp3) is 0.286. The molecule has 33 heavy (non-hydrogen) atoms. The number of nitro benzene ring substituents is 1. The molecule has 2 aromatic carbocycles. The molecule has 174 valence electrons. The van der Waals surface area contributed by atoms with Gasteiger partial charge in [0.15, 0.2) is 17.1 Å². The molecule has 1 atom stereocenters. The van der Waals surface area contributed by atoms with Crippen LogP contribution >= 0.6 is 11.8 Å². The predicted octanol–water partition coefficient (Wildman–Crippen LogP) is 3.61. The highest BCUT2D eigenvalue weighted by atomic mass is 32.2. The zero-order valence-electron chi connectivity index (χ0n) is 18.5. The second-order valence-electron chi connectivity index (χ2n) is 6.82. The standard InChI is InChI=1S/C21H23N5O6S/c1-13(32-16-7-5-6-15(11-16)30-3)20-23-24-21(25(20)2)33-12-19(27)22-17-10-14(26(28)29)8-9-18(17)31-4/h5-11,13H,12H2,1-4H3,(H,22,27). The highest BCUT2D eigenvalue weighted by Gasteiger charge is 2.19. The van der Waals surface area contributed by atoms with Crippen molar-refractivity contribution in [3.05, 3.63) is 58.4 Å². The number of nitrogens with one attached hydrogen (secondary N) is 1. The van der Waals surface area contributed by atoms with Crippen molar-refractivity contribution >= 4 is 29.0 Å². The van der Waals surface area contributed by atoms with E-state index in [2.05, 4.69) is 15.5 Å². The first-order valence-corrected chi connectivity index (χ1v) is 10.8. The number of carbonyl (C=O) groups excluding carboxylic acids is 1. The summed E-state index contributed by atoms with van der Waals surface area (Å²) >= 11 is 1.18. The second-order valence-corrected chi connectivity index (χ2v) is 7.76. The van der Waals surface area contributed by atoms with Crippen molar-refractivity contribution in [2.45, 2.75) is 18.2 Å². The molecule has 1 amide bonds. The number of methoxy groups -OCH3 is 2. The van der Waals surface area contributed by atoms with E-state index < -0.39 is 11.0 Å². The minimum absolute atomic E-state index is 0.0168. The van der Waals surface area contributed by atoms with Crippen molar-refractivity contribution in [2.24, 2.45) is 7.05 Å². The molecule has 1 unspecified atom stereocenters. The third-order valence-corrected chi connectivity index (χ3v) is 5.61. The van der Waals surface area contributed by atoms with Crippen LogP contribution < -0.4 is 19.5 Å². The molecule has 0 fully saturated rings. The molecule has 11 nitrogen and oxygen atoms in total. The molecular formula is C21H23N5O6S. The van der Waals surface area contributed by atoms with Gasteiger partial charge in [-0.05, 0) is 25.1 Å². The normalized spacial score (nSPS) is 11.5. The van der Waals surface area contributed by atoms with Gasteiger partial charge < -0.3 is 24.1 Å². The van der Waals surface area contributed by atoms with E-state index in [0.29, 0.717) is 28.2 Å². The summed E-state index contributed by atoms with van der Waals surface area (Å²) in [7, 11) is 4.78. The van der Waals surface area contributed by atoms with E-state index in [0.717, 1.165) is 0 Å². The molecule has 0 saturated heterocycles. The molecule has 3 rings (SSSR count). The zero-order chi connectivity index (χ0) is 24.0. The Balaban J connectivity index is 1.63. The number of thioether (sulfide) groups is 1. The molecule has 1 heterocycles. The van der Waals surface area contributed by atoms with E-state index in [9.17, 15) is 14.9 Å². The van der Waals surface area contributed by atoms with E-state index in [1.54, 1.807) is 24.8 Å². The molecule has 0 spiro atoms. The van der Waals surface area contributed by atoms with Crippen LogP contribution in [0.5, 0.6) is 17.2 Å². The van der Waals surface area contributed by atoms with Crippen LogP contribution in [0.25, 0.3) is 0 Å². The van der Waals surface area contributed by atoms with Gasteiger partial charge in [-0.15, -0.1) is 10.2 Å². The Kier molecular flexibility index (Phi) is 7.72. The van der Waals surface area contributed by atoms with E-state index in [1.165, 1.54) is 37.1 Å². The van der Waals surface area contributed by atoms with E-state index in [-0.39, 0.29) is 23.0 Å². The van der Waals surface area contributed by atoms with Crippen LogP contribution in [0.15, 0.2) is 47.6 Å². The smallest absolute Gasteiger partial charge is 0.271 e. The van der Waals surface area contributed by atoms with Crippen LogP contribution in [-0.2, 0) is 11.8 Å². The number of non-ortho nitro benzene ring substituents is 1. The van der Waals surface area contributed by atoms with Crippen LogP contribution in [0.2, 0.25) is 0 Å². The summed E-state index contributed by atoms with van der Waals surface area (Å²) in [6.45, 7) is 1.85. The Hall–Kier alpha value is -3.80. The number of benzene rings is 2. The van der Waals surface area contributed by atoms with Gasteiger partial charge in [-0.3, -0.25) is 14.9 Å². The summed E-state index contributed by atoms with van der Waals surface area (Å²) in [6.07, 6.45) is -0.396. The van der Waals surface area contributed by atoms with Crippen molar-refractivity contribution in [1.82, 2.24) is 14.8 Å². The molecule has 0 bridgehead atoms. The van der Waals surface area contributed by atoms with Gasteiger partial charge >= 0.3 is 0 Å².